The van der Waals surface area contributed by atoms with Crippen molar-refractivity contribution in [2.45, 2.75) is 68.5 Å². The minimum Gasteiger partial charge on any atom is -0.481 e. The Morgan fingerprint density at radius 1 is 1.02 bits per heavy atom. The maximum absolute atomic E-state index is 13.9. The number of carboxylic acid groups (broad SMARTS) is 1. The molecule has 7 N–H and O–H groups in total. The summed E-state index contributed by atoms with van der Waals surface area (Å²) in [4.78, 5) is 79.0. The van der Waals surface area contributed by atoms with Crippen LogP contribution in [0.1, 0.15) is 67.3 Å². The van der Waals surface area contributed by atoms with Crippen LogP contribution in [-0.4, -0.2) is 140 Å². The van der Waals surface area contributed by atoms with Gasteiger partial charge in [-0.3, -0.25) is 24.1 Å². The number of nitrogens with one attached hydrogen (secondary N) is 4. The highest BCUT2D eigenvalue weighted by atomic mass is 35.5. The number of piperidine rings is 1. The van der Waals surface area contributed by atoms with Crippen molar-refractivity contribution in [1.82, 2.24) is 50.7 Å². The Balaban J connectivity index is 0.764. The summed E-state index contributed by atoms with van der Waals surface area (Å²) in [6.45, 7) is 7.64. The maximum atomic E-state index is 13.9. The molecule has 2 fully saturated rings. The fourth-order valence-corrected chi connectivity index (χ4v) is 9.90. The number of carboxylic acids is 1. The highest BCUT2D eigenvalue weighted by molar-refractivity contribution is 8.00. The van der Waals surface area contributed by atoms with Crippen molar-refractivity contribution in [1.29, 1.82) is 0 Å². The molecular weight excluding hydrogens is 888 g/mol. The first-order chi connectivity index (χ1) is 31.4. The van der Waals surface area contributed by atoms with E-state index in [-0.39, 0.29) is 42.6 Å². The van der Waals surface area contributed by atoms with Crippen LogP contribution in [0.3, 0.4) is 0 Å². The molecular formula is C45H55ClN12O5S2. The Morgan fingerprint density at radius 2 is 1.80 bits per heavy atom. The number of anilines is 1. The van der Waals surface area contributed by atoms with Crippen LogP contribution in [0.2, 0.25) is 5.02 Å². The van der Waals surface area contributed by atoms with E-state index in [1.165, 1.54) is 11.3 Å². The number of fused-ring (bicyclic) bond motifs is 2. The molecule has 1 aromatic carbocycles. The van der Waals surface area contributed by atoms with Crippen LogP contribution in [0.15, 0.2) is 53.9 Å². The Hall–Kier alpha value is -5.36. The molecule has 0 aliphatic carbocycles. The number of hydrogen-bond acceptors (Lipinski definition) is 14. The lowest BCUT2D eigenvalue weighted by Gasteiger charge is -2.39. The number of aliphatic carboxylic acids is 1. The van der Waals surface area contributed by atoms with E-state index in [1.54, 1.807) is 13.3 Å². The first-order valence-corrected chi connectivity index (χ1v) is 24.1. The zero-order valence-electron chi connectivity index (χ0n) is 36.4. The third-order valence-electron chi connectivity index (χ3n) is 11.7. The lowest BCUT2D eigenvalue weighted by molar-refractivity contribution is -0.134. The number of nitrogens with zero attached hydrogens (tertiary/aromatic N) is 7. The van der Waals surface area contributed by atoms with Crippen LogP contribution in [-0.2, 0) is 19.2 Å². The zero-order chi connectivity index (χ0) is 45.8. The van der Waals surface area contributed by atoms with Crippen LogP contribution in [0.25, 0.3) is 21.3 Å². The molecule has 2 aliphatic rings. The number of H-pyrrole nitrogens is 1. The smallest absolute Gasteiger partial charge is 0.313 e. The second kappa shape index (κ2) is 22.7. The number of benzene rings is 1. The van der Waals surface area contributed by atoms with Crippen molar-refractivity contribution < 1.29 is 24.3 Å². The molecule has 1 atom stereocenters. The van der Waals surface area contributed by atoms with Gasteiger partial charge >= 0.3 is 5.97 Å². The van der Waals surface area contributed by atoms with Gasteiger partial charge in [-0.2, -0.15) is 0 Å². The normalized spacial score (nSPS) is 15.7. The fourth-order valence-electron chi connectivity index (χ4n) is 7.99. The molecule has 0 saturated carbocycles. The summed E-state index contributed by atoms with van der Waals surface area (Å²) in [6, 6.07) is 11.1. The molecule has 2 saturated heterocycles. The van der Waals surface area contributed by atoms with E-state index >= 15 is 0 Å². The van der Waals surface area contributed by atoms with Crippen molar-refractivity contribution in [3.05, 3.63) is 70.2 Å². The number of amides is 3. The van der Waals surface area contributed by atoms with Crippen molar-refractivity contribution in [2.75, 3.05) is 76.1 Å². The van der Waals surface area contributed by atoms with E-state index in [0.29, 0.717) is 74.3 Å². The third-order valence-corrected chi connectivity index (χ3v) is 13.9. The van der Waals surface area contributed by atoms with Gasteiger partial charge in [0.15, 0.2) is 0 Å². The number of aromatic nitrogens is 5. The van der Waals surface area contributed by atoms with Gasteiger partial charge in [-0.05, 0) is 75.4 Å². The van der Waals surface area contributed by atoms with Gasteiger partial charge in [-0.15, -0.1) is 11.3 Å². The van der Waals surface area contributed by atoms with Gasteiger partial charge in [-0.1, -0.05) is 53.8 Å². The Bertz CT molecular complexity index is 2510. The van der Waals surface area contributed by atoms with Gasteiger partial charge in [0.05, 0.1) is 40.7 Å². The largest absolute Gasteiger partial charge is 0.481 e. The van der Waals surface area contributed by atoms with Crippen LogP contribution >= 0.6 is 34.7 Å². The summed E-state index contributed by atoms with van der Waals surface area (Å²) in [7, 11) is 0. The third kappa shape index (κ3) is 13.1. The Morgan fingerprint density at radius 3 is 2.57 bits per heavy atom. The summed E-state index contributed by atoms with van der Waals surface area (Å²) in [6.07, 6.45) is 7.88. The van der Waals surface area contributed by atoms with E-state index in [1.807, 2.05) is 47.5 Å². The first-order valence-electron chi connectivity index (χ1n) is 21.9. The number of hydrogen-bond donors (Lipinski definition) is 6. The molecule has 0 bridgehead atoms. The molecule has 0 unspecified atom stereocenters. The molecule has 2 aliphatic heterocycles. The number of thioether (sulfide) groups is 1. The molecule has 5 aromatic rings. The van der Waals surface area contributed by atoms with Gasteiger partial charge in [0.1, 0.15) is 33.5 Å². The molecule has 0 radical (unpaired) electrons. The van der Waals surface area contributed by atoms with Crippen molar-refractivity contribution >= 4 is 85.5 Å². The number of aromatic amines is 1. The summed E-state index contributed by atoms with van der Waals surface area (Å²) in [5, 5.41) is 21.4. The number of piperazine rings is 1. The topological polar surface area (TPSA) is 228 Å². The predicted octanol–water partition coefficient (Wildman–Crippen LogP) is 4.11. The molecule has 3 amide bonds. The van der Waals surface area contributed by atoms with Gasteiger partial charge in [0, 0.05) is 68.8 Å². The summed E-state index contributed by atoms with van der Waals surface area (Å²) in [5.41, 5.74) is 7.55. The summed E-state index contributed by atoms with van der Waals surface area (Å²) >= 11 is 8.79. The van der Waals surface area contributed by atoms with Crippen LogP contribution in [0.4, 0.5) is 5.82 Å². The molecule has 7 rings (SSSR count). The average Bonchev–Trinajstić information content (AvgIpc) is 3.96. The van der Waals surface area contributed by atoms with E-state index in [4.69, 9.17) is 22.4 Å². The van der Waals surface area contributed by atoms with Crippen molar-refractivity contribution in [3.63, 3.8) is 0 Å². The molecule has 344 valence electrons. The second-order valence-electron chi connectivity index (χ2n) is 16.3. The van der Waals surface area contributed by atoms with E-state index in [0.717, 1.165) is 88.2 Å². The van der Waals surface area contributed by atoms with Crippen LogP contribution < -0.4 is 26.6 Å². The van der Waals surface area contributed by atoms with Crippen molar-refractivity contribution in [2.24, 2.45) is 5.73 Å². The number of carbonyl (C=O) groups excluding carboxylic acids is 3. The molecule has 65 heavy (non-hydrogen) atoms. The highest BCUT2D eigenvalue weighted by Gasteiger charge is 2.39. The van der Waals surface area contributed by atoms with Gasteiger partial charge < -0.3 is 41.6 Å². The standard InChI is InChI=1S/C45H55ClN12O5S2/c1-30-53-42(64-28-39(61)62)35-26-33(65-43(35)54-30)6-5-17-49-37(59)7-3-2-4-16-48-27-38(60)57-24-22-56(23-25-57)19-13-36(31-8-10-32(46)11-9-31)55-44(63)45(47)14-20-58(21-15-45)41-34-12-18-50-40(34)51-29-52-41/h8-12,18,26,29,36,48H,2-4,7,13-17,19-25,27-28,47H2,1H3,(H,49,59)(H,55,63)(H,61,62)(H,50,51,52)/t36-/m0/s1. The van der Waals surface area contributed by atoms with Crippen LogP contribution in [0.5, 0.6) is 0 Å². The number of aryl methyl sites for hydroxylation is 1. The van der Waals surface area contributed by atoms with Crippen LogP contribution in [0, 0.1) is 18.8 Å². The van der Waals surface area contributed by atoms with Gasteiger partial charge in [0.25, 0.3) is 0 Å². The minimum atomic E-state index is -1.02. The number of nitrogens with two attached hydrogens (primary N) is 1. The predicted molar refractivity (Wildman–Crippen MR) is 254 cm³/mol. The highest BCUT2D eigenvalue weighted by Crippen LogP contribution is 2.32. The zero-order valence-corrected chi connectivity index (χ0v) is 38.8. The van der Waals surface area contributed by atoms with Crippen molar-refractivity contribution in [3.8, 4) is 11.8 Å². The van der Waals surface area contributed by atoms with Gasteiger partial charge in [0.2, 0.25) is 17.7 Å². The number of rotatable bonds is 19. The Labute approximate surface area is 391 Å². The fraction of sp³-hybridized carbons (Fsp3) is 0.467. The monoisotopic (exact) mass is 942 g/mol. The number of halogens is 1. The molecule has 20 heteroatoms. The first kappa shape index (κ1) is 47.6. The average molecular weight is 944 g/mol. The van der Waals surface area contributed by atoms with E-state index in [2.05, 4.69) is 62.5 Å². The lowest BCUT2D eigenvalue weighted by Crippen LogP contribution is -2.60. The number of thiophene rings is 1. The molecule has 6 heterocycles. The summed E-state index contributed by atoms with van der Waals surface area (Å²) in [5.74, 6) is 6.30. The number of carbonyl (C=O) groups is 4. The molecule has 0 spiro atoms. The number of unbranched alkanes of at least 4 members (excludes halogenated alkanes) is 2. The molecule has 17 nitrogen and oxygen atoms in total. The SMILES string of the molecule is Cc1nc(SCC(=O)O)c2cc(C#CCNC(=O)CCCCCNCC(=O)N3CCN(CC[C@H](NC(=O)C4(N)CCN(c5ncnc6[nH]ccc56)CC4)c4ccc(Cl)cc4)CC3)sc2n1. The minimum absolute atomic E-state index is 0.0633. The second-order valence-corrected chi connectivity index (χ2v) is 18.8. The summed E-state index contributed by atoms with van der Waals surface area (Å²) < 4.78 is 0. The van der Waals surface area contributed by atoms with Gasteiger partial charge in [-0.25, -0.2) is 19.9 Å². The van der Waals surface area contributed by atoms with E-state index < -0.39 is 11.5 Å². The Kier molecular flexibility index (Phi) is 16.6. The lowest BCUT2D eigenvalue weighted by atomic mass is 9.87. The molecule has 4 aromatic heterocycles. The van der Waals surface area contributed by atoms with E-state index in [9.17, 15) is 19.2 Å². The quantitative estimate of drug-likeness (QED) is 0.0297. The maximum Gasteiger partial charge on any atom is 0.313 e.